The monoisotopic (exact) mass is 189 g/mol. The van der Waals surface area contributed by atoms with Crippen LogP contribution in [-0.2, 0) is 6.61 Å². The third kappa shape index (κ3) is 1.32. The van der Waals surface area contributed by atoms with E-state index in [1.165, 1.54) is 5.39 Å². The lowest BCUT2D eigenvalue weighted by Gasteiger charge is -2.11. The molecule has 0 aliphatic carbocycles. The predicted molar refractivity (Wildman–Crippen MR) is 58.2 cm³/mol. The van der Waals surface area contributed by atoms with Gasteiger partial charge in [0.25, 0.3) is 0 Å². The minimum atomic E-state index is 0.105. The van der Waals surface area contributed by atoms with E-state index < -0.39 is 0 Å². The number of aliphatic hydroxyl groups excluding tert-OH is 1. The summed E-state index contributed by atoms with van der Waals surface area (Å²) < 4.78 is 2.20. The number of fused-ring (bicyclic) bond motifs is 1. The second-order valence-electron chi connectivity index (χ2n) is 3.83. The Morgan fingerprint density at radius 2 is 2.07 bits per heavy atom. The molecule has 2 rings (SSSR count). The zero-order chi connectivity index (χ0) is 10.1. The van der Waals surface area contributed by atoms with Crippen molar-refractivity contribution in [1.29, 1.82) is 0 Å². The van der Waals surface area contributed by atoms with Crippen molar-refractivity contribution in [1.82, 2.24) is 4.57 Å². The molecule has 1 aromatic heterocycles. The zero-order valence-electron chi connectivity index (χ0n) is 8.57. The van der Waals surface area contributed by atoms with Crippen LogP contribution in [0.15, 0.2) is 30.5 Å². The molecule has 0 unspecified atom stereocenters. The summed E-state index contributed by atoms with van der Waals surface area (Å²) >= 11 is 0. The number of aliphatic hydroxyl groups is 1. The van der Waals surface area contributed by atoms with Crippen molar-refractivity contribution < 1.29 is 5.11 Å². The van der Waals surface area contributed by atoms with Gasteiger partial charge in [-0.2, -0.15) is 0 Å². The van der Waals surface area contributed by atoms with Crippen molar-refractivity contribution in [2.24, 2.45) is 0 Å². The van der Waals surface area contributed by atoms with Gasteiger partial charge in [0, 0.05) is 17.8 Å². The molecule has 1 N–H and O–H groups in total. The van der Waals surface area contributed by atoms with Crippen LogP contribution in [0.1, 0.15) is 25.5 Å². The summed E-state index contributed by atoms with van der Waals surface area (Å²) in [6.07, 6.45) is 2.08. The van der Waals surface area contributed by atoms with E-state index in [1.807, 2.05) is 12.1 Å². The first-order valence-corrected chi connectivity index (χ1v) is 4.93. The highest BCUT2D eigenvalue weighted by molar-refractivity contribution is 5.83. The molecule has 2 aromatic rings. The average Bonchev–Trinajstić information content (AvgIpc) is 2.60. The van der Waals surface area contributed by atoms with Crippen molar-refractivity contribution in [2.45, 2.75) is 26.5 Å². The smallest absolute Gasteiger partial charge is 0.0702 e. The molecule has 1 aromatic carbocycles. The summed E-state index contributed by atoms with van der Waals surface area (Å²) in [6, 6.07) is 8.56. The van der Waals surface area contributed by atoms with Gasteiger partial charge in [-0.3, -0.25) is 0 Å². The number of aromatic nitrogens is 1. The number of nitrogens with zero attached hydrogens (tertiary/aromatic N) is 1. The number of benzene rings is 1. The summed E-state index contributed by atoms with van der Waals surface area (Å²) in [4.78, 5) is 0. The van der Waals surface area contributed by atoms with Crippen LogP contribution in [0.4, 0.5) is 0 Å². The van der Waals surface area contributed by atoms with Gasteiger partial charge in [-0.1, -0.05) is 18.2 Å². The zero-order valence-corrected chi connectivity index (χ0v) is 8.57. The molecule has 0 aliphatic rings. The van der Waals surface area contributed by atoms with Gasteiger partial charge in [0.2, 0.25) is 0 Å². The second kappa shape index (κ2) is 3.46. The maximum absolute atomic E-state index is 9.25. The van der Waals surface area contributed by atoms with Crippen LogP contribution in [0.3, 0.4) is 0 Å². The molecule has 0 saturated carbocycles. The maximum atomic E-state index is 9.25. The third-order valence-corrected chi connectivity index (χ3v) is 2.55. The average molecular weight is 189 g/mol. The number of rotatable bonds is 2. The molecular weight excluding hydrogens is 174 g/mol. The summed E-state index contributed by atoms with van der Waals surface area (Å²) in [7, 11) is 0. The summed E-state index contributed by atoms with van der Waals surface area (Å²) in [5.74, 6) is 0. The van der Waals surface area contributed by atoms with Crippen LogP contribution >= 0.6 is 0 Å². The first-order valence-electron chi connectivity index (χ1n) is 4.93. The van der Waals surface area contributed by atoms with E-state index in [1.54, 1.807) is 0 Å². The van der Waals surface area contributed by atoms with Crippen molar-refractivity contribution in [3.63, 3.8) is 0 Å². The normalized spacial score (nSPS) is 11.4. The third-order valence-electron chi connectivity index (χ3n) is 2.55. The summed E-state index contributed by atoms with van der Waals surface area (Å²) in [5.41, 5.74) is 2.16. The molecule has 0 spiro atoms. The van der Waals surface area contributed by atoms with Gasteiger partial charge in [-0.15, -0.1) is 0 Å². The van der Waals surface area contributed by atoms with Crippen molar-refractivity contribution >= 4 is 10.9 Å². The fourth-order valence-electron chi connectivity index (χ4n) is 1.85. The molecule has 0 atom stereocenters. The van der Waals surface area contributed by atoms with E-state index in [2.05, 4.69) is 36.7 Å². The molecule has 2 nitrogen and oxygen atoms in total. The van der Waals surface area contributed by atoms with Crippen LogP contribution in [0.2, 0.25) is 0 Å². The predicted octanol–water partition coefficient (Wildman–Crippen LogP) is 2.71. The van der Waals surface area contributed by atoms with Gasteiger partial charge in [0.1, 0.15) is 0 Å². The van der Waals surface area contributed by atoms with Gasteiger partial charge in [0.05, 0.1) is 12.1 Å². The SMILES string of the molecule is CC(C)n1ccc2cccc(CO)c21. The molecule has 0 radical (unpaired) electrons. The van der Waals surface area contributed by atoms with E-state index in [0.717, 1.165) is 11.1 Å². The van der Waals surface area contributed by atoms with Gasteiger partial charge in [-0.05, 0) is 25.3 Å². The van der Waals surface area contributed by atoms with Crippen LogP contribution < -0.4 is 0 Å². The Kier molecular flexibility index (Phi) is 2.30. The Morgan fingerprint density at radius 1 is 1.29 bits per heavy atom. The summed E-state index contributed by atoms with van der Waals surface area (Å²) in [6.45, 7) is 4.40. The lowest BCUT2D eigenvalue weighted by Crippen LogP contribution is -2.00. The van der Waals surface area contributed by atoms with Crippen molar-refractivity contribution in [2.75, 3.05) is 0 Å². The minimum Gasteiger partial charge on any atom is -0.392 e. The molecule has 0 bridgehead atoms. The Balaban J connectivity index is 2.74. The molecule has 2 heteroatoms. The molecule has 0 saturated heterocycles. The quantitative estimate of drug-likeness (QED) is 0.772. The molecule has 14 heavy (non-hydrogen) atoms. The molecule has 0 aliphatic heterocycles. The van der Waals surface area contributed by atoms with Gasteiger partial charge >= 0.3 is 0 Å². The standard InChI is InChI=1S/C12H15NO/c1-9(2)13-7-6-10-4-3-5-11(8-14)12(10)13/h3-7,9,14H,8H2,1-2H3. The number of para-hydroxylation sites is 1. The van der Waals surface area contributed by atoms with Crippen LogP contribution in [0.5, 0.6) is 0 Å². The largest absolute Gasteiger partial charge is 0.392 e. The van der Waals surface area contributed by atoms with E-state index in [-0.39, 0.29) is 6.61 Å². The molecule has 0 amide bonds. The lowest BCUT2D eigenvalue weighted by molar-refractivity contribution is 0.282. The molecule has 1 heterocycles. The van der Waals surface area contributed by atoms with Gasteiger partial charge in [-0.25, -0.2) is 0 Å². The van der Waals surface area contributed by atoms with Crippen molar-refractivity contribution in [3.8, 4) is 0 Å². The Morgan fingerprint density at radius 3 is 2.71 bits per heavy atom. The van der Waals surface area contributed by atoms with E-state index in [4.69, 9.17) is 0 Å². The lowest BCUT2D eigenvalue weighted by atomic mass is 10.1. The van der Waals surface area contributed by atoms with E-state index >= 15 is 0 Å². The maximum Gasteiger partial charge on any atom is 0.0702 e. The minimum absolute atomic E-state index is 0.105. The highest BCUT2D eigenvalue weighted by atomic mass is 16.3. The fourth-order valence-corrected chi connectivity index (χ4v) is 1.85. The second-order valence-corrected chi connectivity index (χ2v) is 3.83. The molecular formula is C12H15NO. The molecule has 0 fully saturated rings. The van der Waals surface area contributed by atoms with Crippen LogP contribution in [0.25, 0.3) is 10.9 Å². The summed E-state index contributed by atoms with van der Waals surface area (Å²) in [5, 5.41) is 10.4. The number of hydrogen-bond donors (Lipinski definition) is 1. The van der Waals surface area contributed by atoms with Gasteiger partial charge in [0.15, 0.2) is 0 Å². The highest BCUT2D eigenvalue weighted by Crippen LogP contribution is 2.23. The van der Waals surface area contributed by atoms with Crippen molar-refractivity contribution in [3.05, 3.63) is 36.0 Å². The molecule has 74 valence electrons. The van der Waals surface area contributed by atoms with Crippen LogP contribution in [-0.4, -0.2) is 9.67 Å². The fraction of sp³-hybridized carbons (Fsp3) is 0.333. The number of hydrogen-bond acceptors (Lipinski definition) is 1. The first-order chi connectivity index (χ1) is 6.74. The van der Waals surface area contributed by atoms with E-state index in [0.29, 0.717) is 6.04 Å². The topological polar surface area (TPSA) is 25.2 Å². The first kappa shape index (κ1) is 9.28. The van der Waals surface area contributed by atoms with E-state index in [9.17, 15) is 5.11 Å². The van der Waals surface area contributed by atoms with Gasteiger partial charge < -0.3 is 9.67 Å². The highest BCUT2D eigenvalue weighted by Gasteiger charge is 2.07. The Hall–Kier alpha value is -1.28. The Labute approximate surface area is 83.8 Å². The van der Waals surface area contributed by atoms with Crippen LogP contribution in [0, 0.1) is 0 Å². The Bertz CT molecular complexity index is 443.